The van der Waals surface area contributed by atoms with Crippen LogP contribution in [0.15, 0.2) is 0 Å². The summed E-state index contributed by atoms with van der Waals surface area (Å²) >= 11 is 0. The maximum absolute atomic E-state index is 3.59. The van der Waals surface area contributed by atoms with Crippen molar-refractivity contribution in [2.75, 3.05) is 6.54 Å². The Morgan fingerprint density at radius 1 is 1.33 bits per heavy atom. The number of hydrogen-bond acceptors (Lipinski definition) is 1. The summed E-state index contributed by atoms with van der Waals surface area (Å²) in [4.78, 5) is 0. The predicted molar refractivity (Wildman–Crippen MR) is 54.3 cm³/mol. The lowest BCUT2D eigenvalue weighted by molar-refractivity contribution is 0.429. The van der Waals surface area contributed by atoms with Crippen molar-refractivity contribution in [1.29, 1.82) is 0 Å². The quantitative estimate of drug-likeness (QED) is 0.618. The summed E-state index contributed by atoms with van der Waals surface area (Å²) in [6, 6.07) is 0.822. The fourth-order valence-corrected chi connectivity index (χ4v) is 1.80. The van der Waals surface area contributed by atoms with Gasteiger partial charge in [-0.1, -0.05) is 39.5 Å². The van der Waals surface area contributed by atoms with Crippen LogP contribution in [0.3, 0.4) is 0 Å². The maximum atomic E-state index is 3.59. The summed E-state index contributed by atoms with van der Waals surface area (Å²) in [5.41, 5.74) is 0. The molecule has 1 nitrogen and oxygen atoms in total. The van der Waals surface area contributed by atoms with E-state index >= 15 is 0 Å². The van der Waals surface area contributed by atoms with Crippen LogP contribution in [0.5, 0.6) is 0 Å². The molecule has 0 aromatic carbocycles. The van der Waals surface area contributed by atoms with Crippen molar-refractivity contribution in [2.24, 2.45) is 5.92 Å². The molecule has 1 aliphatic rings. The third-order valence-corrected chi connectivity index (χ3v) is 2.71. The van der Waals surface area contributed by atoms with Crippen LogP contribution in [0.4, 0.5) is 0 Å². The molecule has 0 spiro atoms. The van der Waals surface area contributed by atoms with Crippen LogP contribution in [0.1, 0.15) is 52.4 Å². The Labute approximate surface area is 76.9 Å². The zero-order chi connectivity index (χ0) is 8.81. The van der Waals surface area contributed by atoms with Gasteiger partial charge in [0.2, 0.25) is 0 Å². The van der Waals surface area contributed by atoms with Crippen LogP contribution in [-0.4, -0.2) is 12.6 Å². The smallest absolute Gasteiger partial charge is 0.00695 e. The molecule has 1 fully saturated rings. The Kier molecular flexibility index (Phi) is 4.67. The van der Waals surface area contributed by atoms with Gasteiger partial charge in [0, 0.05) is 6.04 Å². The number of rotatable bonds is 7. The average molecular weight is 169 g/mol. The maximum Gasteiger partial charge on any atom is 0.00695 e. The van der Waals surface area contributed by atoms with E-state index in [4.69, 9.17) is 0 Å². The van der Waals surface area contributed by atoms with Crippen LogP contribution >= 0.6 is 0 Å². The second kappa shape index (κ2) is 5.58. The number of nitrogens with one attached hydrogen (secondary N) is 1. The van der Waals surface area contributed by atoms with E-state index in [0.29, 0.717) is 0 Å². The summed E-state index contributed by atoms with van der Waals surface area (Å²) in [5.74, 6) is 1.07. The van der Waals surface area contributed by atoms with Crippen LogP contribution in [0.2, 0.25) is 0 Å². The Morgan fingerprint density at radius 2 is 2.08 bits per heavy atom. The molecule has 1 heteroatoms. The topological polar surface area (TPSA) is 12.0 Å². The first-order chi connectivity index (χ1) is 5.86. The zero-order valence-electron chi connectivity index (χ0n) is 8.60. The standard InChI is InChI=1S/C11H23N/c1-3-5-6-11(12-4-2)9-10-7-8-10/h10-12H,3-9H2,1-2H3. The lowest BCUT2D eigenvalue weighted by Gasteiger charge is -2.16. The molecule has 0 amide bonds. The fraction of sp³-hybridized carbons (Fsp3) is 1.00. The van der Waals surface area contributed by atoms with Gasteiger partial charge in [0.05, 0.1) is 0 Å². The number of unbranched alkanes of at least 4 members (excludes halogenated alkanes) is 1. The van der Waals surface area contributed by atoms with E-state index < -0.39 is 0 Å². The Bertz CT molecular complexity index is 108. The Morgan fingerprint density at radius 3 is 2.58 bits per heavy atom. The van der Waals surface area contributed by atoms with Crippen molar-refractivity contribution in [3.63, 3.8) is 0 Å². The molecule has 1 atom stereocenters. The molecule has 1 N–H and O–H groups in total. The summed E-state index contributed by atoms with van der Waals surface area (Å²) in [6.45, 7) is 5.63. The second-order valence-electron chi connectivity index (χ2n) is 4.08. The van der Waals surface area contributed by atoms with E-state index in [1.165, 1.54) is 38.5 Å². The van der Waals surface area contributed by atoms with Crippen molar-refractivity contribution in [1.82, 2.24) is 5.32 Å². The molecule has 1 unspecified atom stereocenters. The van der Waals surface area contributed by atoms with Crippen LogP contribution < -0.4 is 5.32 Å². The first kappa shape index (κ1) is 10.0. The molecule has 0 radical (unpaired) electrons. The highest BCUT2D eigenvalue weighted by Gasteiger charge is 2.24. The first-order valence-corrected chi connectivity index (χ1v) is 5.60. The molecule has 0 aliphatic heterocycles. The highest BCUT2D eigenvalue weighted by Crippen LogP contribution is 2.34. The van der Waals surface area contributed by atoms with Crippen molar-refractivity contribution >= 4 is 0 Å². The van der Waals surface area contributed by atoms with E-state index in [2.05, 4.69) is 19.2 Å². The summed E-state index contributed by atoms with van der Waals surface area (Å²) in [5, 5.41) is 3.59. The highest BCUT2D eigenvalue weighted by atomic mass is 14.9. The van der Waals surface area contributed by atoms with Gasteiger partial charge < -0.3 is 5.32 Å². The van der Waals surface area contributed by atoms with Gasteiger partial charge in [-0.25, -0.2) is 0 Å². The van der Waals surface area contributed by atoms with Gasteiger partial charge in [-0.05, 0) is 25.3 Å². The molecule has 72 valence electrons. The minimum Gasteiger partial charge on any atom is -0.314 e. The summed E-state index contributed by atoms with van der Waals surface area (Å²) < 4.78 is 0. The first-order valence-electron chi connectivity index (χ1n) is 5.60. The minimum atomic E-state index is 0.822. The van der Waals surface area contributed by atoms with E-state index in [1.54, 1.807) is 0 Å². The SMILES string of the molecule is CCCCC(CC1CC1)NCC. The Hall–Kier alpha value is -0.0400. The van der Waals surface area contributed by atoms with Gasteiger partial charge in [0.1, 0.15) is 0 Å². The highest BCUT2D eigenvalue weighted by molar-refractivity contribution is 4.79. The van der Waals surface area contributed by atoms with Gasteiger partial charge >= 0.3 is 0 Å². The number of hydrogen-bond donors (Lipinski definition) is 1. The summed E-state index contributed by atoms with van der Waals surface area (Å²) in [6.07, 6.45) is 8.55. The van der Waals surface area contributed by atoms with Gasteiger partial charge in [0.15, 0.2) is 0 Å². The molecule has 0 saturated heterocycles. The van der Waals surface area contributed by atoms with Crippen molar-refractivity contribution in [3.05, 3.63) is 0 Å². The van der Waals surface area contributed by atoms with E-state index in [-0.39, 0.29) is 0 Å². The normalized spacial score (nSPS) is 19.5. The monoisotopic (exact) mass is 169 g/mol. The molecule has 0 aromatic heterocycles. The van der Waals surface area contributed by atoms with Gasteiger partial charge in [0.25, 0.3) is 0 Å². The molecule has 12 heavy (non-hydrogen) atoms. The largest absolute Gasteiger partial charge is 0.314 e. The lowest BCUT2D eigenvalue weighted by atomic mass is 10.0. The van der Waals surface area contributed by atoms with Crippen molar-refractivity contribution in [2.45, 2.75) is 58.4 Å². The molecule has 0 heterocycles. The Balaban J connectivity index is 2.07. The van der Waals surface area contributed by atoms with E-state index in [0.717, 1.165) is 18.5 Å². The third kappa shape index (κ3) is 4.10. The molecule has 1 saturated carbocycles. The molecular formula is C11H23N. The zero-order valence-corrected chi connectivity index (χ0v) is 8.60. The summed E-state index contributed by atoms with van der Waals surface area (Å²) in [7, 11) is 0. The van der Waals surface area contributed by atoms with Crippen molar-refractivity contribution in [3.8, 4) is 0 Å². The van der Waals surface area contributed by atoms with Crippen LogP contribution in [0.25, 0.3) is 0 Å². The second-order valence-corrected chi connectivity index (χ2v) is 4.08. The van der Waals surface area contributed by atoms with Gasteiger partial charge in [-0.15, -0.1) is 0 Å². The third-order valence-electron chi connectivity index (χ3n) is 2.71. The molecule has 0 bridgehead atoms. The predicted octanol–water partition coefficient (Wildman–Crippen LogP) is 2.95. The molecule has 1 aliphatic carbocycles. The molecule has 1 rings (SSSR count). The lowest BCUT2D eigenvalue weighted by Crippen LogP contribution is -2.29. The van der Waals surface area contributed by atoms with Gasteiger partial charge in [-0.3, -0.25) is 0 Å². The fourth-order valence-electron chi connectivity index (χ4n) is 1.80. The van der Waals surface area contributed by atoms with Gasteiger partial charge in [-0.2, -0.15) is 0 Å². The minimum absolute atomic E-state index is 0.822. The van der Waals surface area contributed by atoms with E-state index in [1.807, 2.05) is 0 Å². The molecular weight excluding hydrogens is 146 g/mol. The van der Waals surface area contributed by atoms with E-state index in [9.17, 15) is 0 Å². The average Bonchev–Trinajstić information content (AvgIpc) is 2.84. The van der Waals surface area contributed by atoms with Crippen LogP contribution in [0, 0.1) is 5.92 Å². The van der Waals surface area contributed by atoms with Crippen LogP contribution in [-0.2, 0) is 0 Å². The molecule has 0 aromatic rings. The van der Waals surface area contributed by atoms with Crippen molar-refractivity contribution < 1.29 is 0 Å².